The summed E-state index contributed by atoms with van der Waals surface area (Å²) in [6, 6.07) is 14.3. The Kier molecular flexibility index (Phi) is 3.67. The van der Waals surface area contributed by atoms with Crippen LogP contribution in [0.15, 0.2) is 66.6 Å². The molecule has 5 rings (SSSR count). The van der Waals surface area contributed by atoms with Gasteiger partial charge in [-0.1, -0.05) is 24.3 Å². The van der Waals surface area contributed by atoms with Gasteiger partial charge in [0.1, 0.15) is 28.6 Å². The molecule has 1 aliphatic heterocycles. The van der Waals surface area contributed by atoms with Gasteiger partial charge < -0.3 is 19.9 Å². The van der Waals surface area contributed by atoms with E-state index in [0.29, 0.717) is 5.56 Å². The van der Waals surface area contributed by atoms with Crippen molar-refractivity contribution in [2.45, 2.75) is 0 Å². The Morgan fingerprint density at radius 1 is 1.03 bits per heavy atom. The summed E-state index contributed by atoms with van der Waals surface area (Å²) in [6.07, 6.45) is 3.34. The summed E-state index contributed by atoms with van der Waals surface area (Å²) in [5.41, 5.74) is 3.29. The second-order valence-corrected chi connectivity index (χ2v) is 6.76. The van der Waals surface area contributed by atoms with Crippen LogP contribution in [0.2, 0.25) is 0 Å². The van der Waals surface area contributed by atoms with Crippen LogP contribution in [-0.2, 0) is 0 Å². The van der Waals surface area contributed by atoms with Crippen LogP contribution in [0.5, 0.6) is 17.2 Å². The van der Waals surface area contributed by atoms with Crippen molar-refractivity contribution >= 4 is 22.8 Å². The second kappa shape index (κ2) is 6.24. The number of ether oxygens (including phenoxy) is 1. The van der Waals surface area contributed by atoms with Gasteiger partial charge >= 0.3 is 0 Å². The number of benzene rings is 3. The molecule has 3 N–H and O–H groups in total. The summed E-state index contributed by atoms with van der Waals surface area (Å²) < 4.78 is 18.9. The van der Waals surface area contributed by atoms with Gasteiger partial charge in [0.2, 0.25) is 5.78 Å². The topological polar surface area (TPSA) is 82.6 Å². The van der Waals surface area contributed by atoms with E-state index < -0.39 is 5.78 Å². The molecule has 0 fully saturated rings. The summed E-state index contributed by atoms with van der Waals surface area (Å²) in [5.74, 6) is -1.16. The van der Waals surface area contributed by atoms with Gasteiger partial charge in [-0.15, -0.1) is 0 Å². The molecule has 1 aliphatic rings. The smallest absolute Gasteiger partial charge is 0.235 e. The van der Waals surface area contributed by atoms with E-state index in [0.717, 1.165) is 28.1 Å². The summed E-state index contributed by atoms with van der Waals surface area (Å²) >= 11 is 0. The van der Waals surface area contributed by atoms with Crippen LogP contribution in [0, 0.1) is 5.82 Å². The molecule has 6 heteroatoms. The minimum atomic E-state index is -0.467. The molecular weight excluding hydrogens is 373 g/mol. The number of phenols is 2. The zero-order valence-corrected chi connectivity index (χ0v) is 14.9. The average Bonchev–Trinajstić information content (AvgIpc) is 3.24. The zero-order valence-electron chi connectivity index (χ0n) is 14.9. The van der Waals surface area contributed by atoms with Crippen LogP contribution in [0.25, 0.3) is 28.1 Å². The monoisotopic (exact) mass is 387 g/mol. The second-order valence-electron chi connectivity index (χ2n) is 6.76. The van der Waals surface area contributed by atoms with Crippen molar-refractivity contribution in [2.24, 2.45) is 0 Å². The largest absolute Gasteiger partial charge is 0.508 e. The van der Waals surface area contributed by atoms with E-state index in [9.17, 15) is 19.4 Å². The highest BCUT2D eigenvalue weighted by atomic mass is 19.1. The first-order valence-electron chi connectivity index (χ1n) is 8.87. The molecule has 2 heterocycles. The van der Waals surface area contributed by atoms with Gasteiger partial charge in [-0.2, -0.15) is 0 Å². The minimum Gasteiger partial charge on any atom is -0.508 e. The lowest BCUT2D eigenvalue weighted by molar-refractivity contribution is 0.101. The average molecular weight is 387 g/mol. The van der Waals surface area contributed by atoms with Gasteiger partial charge in [-0.25, -0.2) is 4.39 Å². The third kappa shape index (κ3) is 2.73. The van der Waals surface area contributed by atoms with E-state index in [1.165, 1.54) is 18.2 Å². The highest BCUT2D eigenvalue weighted by molar-refractivity contribution is 6.17. The molecule has 5 nitrogen and oxygen atoms in total. The summed E-state index contributed by atoms with van der Waals surface area (Å²) in [6.45, 7) is 0. The molecule has 1 aromatic heterocycles. The fraction of sp³-hybridized carbons (Fsp3) is 0. The fourth-order valence-corrected chi connectivity index (χ4v) is 3.61. The highest BCUT2D eigenvalue weighted by Gasteiger charge is 2.31. The Bertz CT molecular complexity index is 1320. The summed E-state index contributed by atoms with van der Waals surface area (Å²) in [7, 11) is 0. The maximum Gasteiger partial charge on any atom is 0.235 e. The van der Waals surface area contributed by atoms with Crippen LogP contribution >= 0.6 is 0 Å². The normalized spacial score (nSPS) is 14.4. The Labute approximate surface area is 164 Å². The highest BCUT2D eigenvalue weighted by Crippen LogP contribution is 2.41. The molecule has 0 atom stereocenters. The Balaban J connectivity index is 1.65. The van der Waals surface area contributed by atoms with Crippen molar-refractivity contribution in [1.82, 2.24) is 4.98 Å². The number of aromatic hydroxyl groups is 2. The molecule has 0 radical (unpaired) electrons. The maximum atomic E-state index is 13.3. The number of H-pyrrole nitrogens is 1. The van der Waals surface area contributed by atoms with Crippen LogP contribution in [0.4, 0.5) is 4.39 Å². The zero-order chi connectivity index (χ0) is 20.1. The van der Waals surface area contributed by atoms with Gasteiger partial charge in [0.15, 0.2) is 5.76 Å². The van der Waals surface area contributed by atoms with Gasteiger partial charge in [0, 0.05) is 34.8 Å². The molecule has 0 saturated carbocycles. The van der Waals surface area contributed by atoms with E-state index >= 15 is 0 Å². The van der Waals surface area contributed by atoms with Crippen molar-refractivity contribution in [3.8, 4) is 28.4 Å². The van der Waals surface area contributed by atoms with Crippen molar-refractivity contribution in [3.63, 3.8) is 0 Å². The predicted molar refractivity (Wildman–Crippen MR) is 106 cm³/mol. The number of fused-ring (bicyclic) bond motifs is 2. The Morgan fingerprint density at radius 3 is 2.62 bits per heavy atom. The molecule has 3 aromatic carbocycles. The number of hydrogen-bond donors (Lipinski definition) is 3. The fourth-order valence-electron chi connectivity index (χ4n) is 3.61. The third-order valence-electron chi connectivity index (χ3n) is 4.92. The number of halogens is 1. The van der Waals surface area contributed by atoms with Crippen LogP contribution in [0.1, 0.15) is 15.9 Å². The van der Waals surface area contributed by atoms with Crippen molar-refractivity contribution in [1.29, 1.82) is 0 Å². The predicted octanol–water partition coefficient (Wildman–Crippen LogP) is 5.00. The Hall–Kier alpha value is -4.06. The standard InChI is InChI=1S/C23H14FNO4/c24-14-6-4-12(5-7-14)16-2-1-3-17-21(16)13(11-25-17)8-20-23(28)22-18(27)9-15(26)10-19(22)29-20/h1-11,25-27H. The summed E-state index contributed by atoms with van der Waals surface area (Å²) in [4.78, 5) is 15.9. The first kappa shape index (κ1) is 17.1. The quantitative estimate of drug-likeness (QED) is 0.423. The number of nitrogens with one attached hydrogen (secondary N) is 1. The number of aromatic amines is 1. The number of aromatic nitrogens is 1. The maximum absolute atomic E-state index is 13.3. The number of carbonyl (C=O) groups excluding carboxylic acids is 1. The van der Waals surface area contributed by atoms with Gasteiger partial charge in [0.05, 0.1) is 0 Å². The number of Topliss-reactive ketones (excluding diaryl/α,β-unsaturated/α-hetero) is 1. The number of hydrogen-bond acceptors (Lipinski definition) is 4. The van der Waals surface area contributed by atoms with E-state index in [2.05, 4.69) is 4.98 Å². The first-order chi connectivity index (χ1) is 14.0. The lowest BCUT2D eigenvalue weighted by Gasteiger charge is -2.06. The van der Waals surface area contributed by atoms with Gasteiger partial charge in [0.25, 0.3) is 0 Å². The number of carbonyl (C=O) groups is 1. The van der Waals surface area contributed by atoms with Crippen molar-refractivity contribution < 1.29 is 24.1 Å². The van der Waals surface area contributed by atoms with E-state index in [4.69, 9.17) is 4.74 Å². The van der Waals surface area contributed by atoms with Crippen molar-refractivity contribution in [2.75, 3.05) is 0 Å². The summed E-state index contributed by atoms with van der Waals surface area (Å²) in [5, 5.41) is 20.5. The van der Waals surface area contributed by atoms with Crippen LogP contribution in [-0.4, -0.2) is 21.0 Å². The van der Waals surface area contributed by atoms with E-state index in [-0.39, 0.29) is 34.4 Å². The lowest BCUT2D eigenvalue weighted by atomic mass is 9.98. The molecule has 0 saturated heterocycles. The molecular formula is C23H14FNO4. The number of ketones is 1. The van der Waals surface area contributed by atoms with E-state index in [1.807, 2.05) is 18.2 Å². The lowest BCUT2D eigenvalue weighted by Crippen LogP contribution is -1.98. The molecule has 0 bridgehead atoms. The Morgan fingerprint density at radius 2 is 1.83 bits per heavy atom. The molecule has 29 heavy (non-hydrogen) atoms. The van der Waals surface area contributed by atoms with Crippen LogP contribution in [0.3, 0.4) is 0 Å². The number of phenolic OH excluding ortho intramolecular Hbond substituents is 2. The molecule has 0 aliphatic carbocycles. The SMILES string of the molecule is O=C1C(=Cc2c[nH]c3cccc(-c4ccc(F)cc4)c23)Oc2cc(O)cc(O)c21. The molecule has 4 aromatic rings. The van der Waals surface area contributed by atoms with Gasteiger partial charge in [-0.05, 0) is 35.4 Å². The molecule has 0 spiro atoms. The molecule has 0 amide bonds. The minimum absolute atomic E-state index is 0.0210. The number of rotatable bonds is 2. The van der Waals surface area contributed by atoms with Crippen LogP contribution < -0.4 is 4.74 Å². The van der Waals surface area contributed by atoms with Crippen molar-refractivity contribution in [3.05, 3.63) is 83.5 Å². The number of allylic oxidation sites excluding steroid dienone is 1. The third-order valence-corrected chi connectivity index (χ3v) is 4.92. The first-order valence-corrected chi connectivity index (χ1v) is 8.87. The van der Waals surface area contributed by atoms with E-state index in [1.54, 1.807) is 24.4 Å². The van der Waals surface area contributed by atoms with Gasteiger partial charge in [-0.3, -0.25) is 4.79 Å². The molecule has 0 unspecified atom stereocenters. The molecule has 142 valence electrons.